The molecule has 1 aromatic heterocycles. The van der Waals surface area contributed by atoms with Gasteiger partial charge in [-0.05, 0) is 23.6 Å². The fourth-order valence-corrected chi connectivity index (χ4v) is 1.33. The predicted molar refractivity (Wildman–Crippen MR) is 58.3 cm³/mol. The molecular weight excluding hydrogens is 190 g/mol. The molecule has 15 heavy (non-hydrogen) atoms. The monoisotopic (exact) mass is 199 g/mol. The average molecular weight is 199 g/mol. The minimum Gasteiger partial charge on any atom is -0.369 e. The lowest BCUT2D eigenvalue weighted by Gasteiger charge is -1.97. The molecule has 0 amide bonds. The molecule has 0 atom stereocenters. The van der Waals surface area contributed by atoms with Crippen molar-refractivity contribution in [3.63, 3.8) is 0 Å². The van der Waals surface area contributed by atoms with Crippen molar-refractivity contribution in [2.24, 2.45) is 10.7 Å². The summed E-state index contributed by atoms with van der Waals surface area (Å²) < 4.78 is 0. The van der Waals surface area contributed by atoms with E-state index in [9.17, 15) is 0 Å². The van der Waals surface area contributed by atoms with Crippen LogP contribution in [0.4, 0.5) is 5.69 Å². The van der Waals surface area contributed by atoms with Crippen LogP contribution in [0.25, 0.3) is 10.9 Å². The Morgan fingerprint density at radius 2 is 2.33 bits per heavy atom. The van der Waals surface area contributed by atoms with E-state index in [1.807, 2.05) is 30.5 Å². The van der Waals surface area contributed by atoms with E-state index in [0.717, 1.165) is 10.9 Å². The van der Waals surface area contributed by atoms with E-state index in [0.29, 0.717) is 5.69 Å². The van der Waals surface area contributed by atoms with Gasteiger partial charge in [-0.25, -0.2) is 4.99 Å². The molecular formula is C10H9N5. The van der Waals surface area contributed by atoms with Crippen LogP contribution in [0.2, 0.25) is 0 Å². The van der Waals surface area contributed by atoms with E-state index in [1.165, 1.54) is 0 Å². The molecule has 0 aliphatic carbocycles. The van der Waals surface area contributed by atoms with Crippen molar-refractivity contribution in [3.8, 4) is 6.19 Å². The van der Waals surface area contributed by atoms with E-state index >= 15 is 0 Å². The highest BCUT2D eigenvalue weighted by Crippen LogP contribution is 2.19. The summed E-state index contributed by atoms with van der Waals surface area (Å²) in [5, 5.41) is 11.7. The van der Waals surface area contributed by atoms with Crippen LogP contribution >= 0.6 is 0 Å². The number of guanidine groups is 1. The Morgan fingerprint density at radius 1 is 1.47 bits per heavy atom. The number of nitrogens with one attached hydrogen (secondary N) is 2. The standard InChI is InChI=1S/C10H9N5/c11-6-14-10(12)15-8-2-1-7-3-4-13-9(7)5-8/h1-5,13H,(H3,12,14,15). The van der Waals surface area contributed by atoms with Crippen LogP contribution in [0.15, 0.2) is 35.5 Å². The Hall–Kier alpha value is -2.48. The molecule has 0 unspecified atom stereocenters. The van der Waals surface area contributed by atoms with Gasteiger partial charge >= 0.3 is 0 Å². The fraction of sp³-hybridized carbons (Fsp3) is 0. The van der Waals surface area contributed by atoms with Crippen molar-refractivity contribution in [1.29, 1.82) is 5.26 Å². The summed E-state index contributed by atoms with van der Waals surface area (Å²) in [4.78, 5) is 7.09. The fourth-order valence-electron chi connectivity index (χ4n) is 1.33. The molecule has 1 aromatic carbocycles. The van der Waals surface area contributed by atoms with Gasteiger partial charge in [0, 0.05) is 11.7 Å². The summed E-state index contributed by atoms with van der Waals surface area (Å²) in [5.41, 5.74) is 7.13. The molecule has 0 bridgehead atoms. The third-order valence-corrected chi connectivity index (χ3v) is 1.97. The largest absolute Gasteiger partial charge is 0.369 e. The van der Waals surface area contributed by atoms with Crippen molar-refractivity contribution in [3.05, 3.63) is 30.5 Å². The highest BCUT2D eigenvalue weighted by Gasteiger charge is 1.96. The number of aromatic amines is 1. The Morgan fingerprint density at radius 3 is 3.13 bits per heavy atom. The topological polar surface area (TPSA) is 90.0 Å². The molecule has 4 N–H and O–H groups in total. The van der Waals surface area contributed by atoms with E-state index < -0.39 is 0 Å². The first-order valence-electron chi connectivity index (χ1n) is 4.36. The van der Waals surface area contributed by atoms with Crippen molar-refractivity contribution in [2.75, 3.05) is 0 Å². The lowest BCUT2D eigenvalue weighted by atomic mass is 10.2. The summed E-state index contributed by atoms with van der Waals surface area (Å²) in [5.74, 6) is 0.0865. The van der Waals surface area contributed by atoms with E-state index in [1.54, 1.807) is 6.19 Å². The maximum absolute atomic E-state index is 8.33. The first kappa shape index (κ1) is 9.09. The molecule has 0 saturated carbocycles. The molecule has 5 nitrogen and oxygen atoms in total. The lowest BCUT2D eigenvalue weighted by Crippen LogP contribution is -2.26. The van der Waals surface area contributed by atoms with Crippen LogP contribution in [0, 0.1) is 11.5 Å². The lowest BCUT2D eigenvalue weighted by molar-refractivity contribution is 1.22. The Kier molecular flexibility index (Phi) is 2.25. The zero-order chi connectivity index (χ0) is 10.7. The molecule has 5 heteroatoms. The minimum atomic E-state index is 0.0865. The summed E-state index contributed by atoms with van der Waals surface area (Å²) in [6.45, 7) is 0. The van der Waals surface area contributed by atoms with Gasteiger partial charge in [0.15, 0.2) is 6.19 Å². The number of benzene rings is 1. The molecule has 0 fully saturated rings. The smallest absolute Gasteiger partial charge is 0.207 e. The molecule has 0 saturated heterocycles. The molecule has 0 spiro atoms. The molecule has 0 aliphatic heterocycles. The molecule has 2 rings (SSSR count). The van der Waals surface area contributed by atoms with Crippen LogP contribution in [-0.2, 0) is 0 Å². The third-order valence-electron chi connectivity index (χ3n) is 1.97. The van der Waals surface area contributed by atoms with Crippen molar-refractivity contribution >= 4 is 22.5 Å². The van der Waals surface area contributed by atoms with Crippen molar-refractivity contribution in [2.45, 2.75) is 0 Å². The second-order valence-corrected chi connectivity index (χ2v) is 2.98. The van der Waals surface area contributed by atoms with E-state index in [4.69, 9.17) is 11.0 Å². The number of nitrogens with two attached hydrogens (primary N) is 1. The first-order valence-corrected chi connectivity index (χ1v) is 4.36. The number of nitrogens with zero attached hydrogens (tertiary/aromatic N) is 2. The van der Waals surface area contributed by atoms with Crippen LogP contribution in [0.3, 0.4) is 0 Å². The zero-order valence-electron chi connectivity index (χ0n) is 7.86. The number of aliphatic imine (C=N–C) groups is 1. The number of nitriles is 1. The summed E-state index contributed by atoms with van der Waals surface area (Å²) in [6.07, 6.45) is 3.56. The zero-order valence-corrected chi connectivity index (χ0v) is 7.86. The predicted octanol–water partition coefficient (Wildman–Crippen LogP) is 1.18. The van der Waals surface area contributed by atoms with Gasteiger partial charge in [-0.2, -0.15) is 5.26 Å². The normalized spacial score (nSPS) is 11.3. The Bertz CT molecular complexity index is 546. The molecule has 0 aliphatic rings. The second-order valence-electron chi connectivity index (χ2n) is 2.98. The van der Waals surface area contributed by atoms with Crippen LogP contribution in [-0.4, -0.2) is 10.9 Å². The van der Waals surface area contributed by atoms with E-state index in [2.05, 4.69) is 15.3 Å². The van der Waals surface area contributed by atoms with Gasteiger partial charge in [0.2, 0.25) is 5.96 Å². The number of rotatable bonds is 1. The van der Waals surface area contributed by atoms with Gasteiger partial charge < -0.3 is 10.7 Å². The highest BCUT2D eigenvalue weighted by atomic mass is 15.1. The van der Waals surface area contributed by atoms with Gasteiger partial charge in [0.25, 0.3) is 0 Å². The number of H-pyrrole nitrogens is 1. The van der Waals surface area contributed by atoms with E-state index in [-0.39, 0.29) is 5.96 Å². The average Bonchev–Trinajstić information content (AvgIpc) is 2.65. The Balaban J connectivity index is 2.37. The highest BCUT2D eigenvalue weighted by molar-refractivity contribution is 5.86. The summed E-state index contributed by atoms with van der Waals surface area (Å²) >= 11 is 0. The maximum Gasteiger partial charge on any atom is 0.207 e. The first-order chi connectivity index (χ1) is 7.29. The van der Waals surface area contributed by atoms with Crippen LogP contribution in [0.5, 0.6) is 0 Å². The van der Waals surface area contributed by atoms with Crippen LogP contribution < -0.4 is 11.1 Å². The van der Waals surface area contributed by atoms with Gasteiger partial charge in [0.1, 0.15) is 0 Å². The molecule has 1 heterocycles. The number of fused-ring (bicyclic) bond motifs is 1. The molecule has 0 radical (unpaired) electrons. The molecule has 2 aromatic rings. The van der Waals surface area contributed by atoms with Gasteiger partial charge in [0.05, 0.1) is 5.69 Å². The van der Waals surface area contributed by atoms with Crippen LogP contribution in [0.1, 0.15) is 0 Å². The number of hydrogen-bond acceptors (Lipinski definition) is 2. The second kappa shape index (κ2) is 3.72. The van der Waals surface area contributed by atoms with Crippen molar-refractivity contribution in [1.82, 2.24) is 10.3 Å². The van der Waals surface area contributed by atoms with Crippen molar-refractivity contribution < 1.29 is 0 Å². The third kappa shape index (κ3) is 1.89. The van der Waals surface area contributed by atoms with Gasteiger partial charge in [-0.3, -0.25) is 5.32 Å². The number of aromatic nitrogens is 1. The number of hydrogen-bond donors (Lipinski definition) is 3. The quantitative estimate of drug-likeness (QED) is 0.279. The van der Waals surface area contributed by atoms with Gasteiger partial charge in [-0.15, -0.1) is 0 Å². The maximum atomic E-state index is 8.33. The summed E-state index contributed by atoms with van der Waals surface area (Å²) in [7, 11) is 0. The van der Waals surface area contributed by atoms with Gasteiger partial charge in [-0.1, -0.05) is 6.07 Å². The summed E-state index contributed by atoms with van der Waals surface area (Å²) in [6, 6.07) is 7.60. The Labute approximate surface area is 86.2 Å². The molecule has 74 valence electrons. The minimum absolute atomic E-state index is 0.0865. The SMILES string of the molecule is N#CNC(N)=Nc1ccc2cc[nH]c2c1.